The number of piperazine rings is 1. The molecule has 1 aliphatic rings. The molecule has 1 heterocycles. The van der Waals surface area contributed by atoms with Crippen molar-refractivity contribution in [3.63, 3.8) is 0 Å². The lowest BCUT2D eigenvalue weighted by Gasteiger charge is -2.35. The average Bonchev–Trinajstić information content (AvgIpc) is 2.16. The first-order valence-electron chi connectivity index (χ1n) is 4.84. The van der Waals surface area contributed by atoms with Crippen LogP contribution in [0.25, 0.3) is 0 Å². The first kappa shape index (κ1) is 11.0. The highest BCUT2D eigenvalue weighted by molar-refractivity contribution is 5.87. The third-order valence-corrected chi connectivity index (χ3v) is 2.35. The number of nitrogens with zero attached hydrogens (tertiary/aromatic N) is 1. The fourth-order valence-corrected chi connectivity index (χ4v) is 1.55. The molecule has 80 valence electrons. The molecule has 1 aliphatic heterocycles. The monoisotopic (exact) mass is 199 g/mol. The second-order valence-electron chi connectivity index (χ2n) is 3.81. The number of nitrogens with two attached hydrogens (primary N) is 1. The lowest BCUT2D eigenvalue weighted by Crippen LogP contribution is -2.59. The van der Waals surface area contributed by atoms with Crippen molar-refractivity contribution in [2.45, 2.75) is 19.9 Å². The van der Waals surface area contributed by atoms with Gasteiger partial charge in [-0.2, -0.15) is 0 Å². The summed E-state index contributed by atoms with van der Waals surface area (Å²) in [4.78, 5) is 24.4. The second kappa shape index (κ2) is 4.41. The van der Waals surface area contributed by atoms with E-state index in [4.69, 9.17) is 5.73 Å². The number of carbonyl (C=O) groups excluding carboxylic acids is 2. The Hall–Kier alpha value is -1.10. The topological polar surface area (TPSA) is 75.4 Å². The predicted octanol–water partition coefficient (Wildman–Crippen LogP) is -1.07. The van der Waals surface area contributed by atoms with Crippen LogP contribution in [0.4, 0.5) is 0 Å². The minimum absolute atomic E-state index is 0.00435. The van der Waals surface area contributed by atoms with Gasteiger partial charge in [-0.15, -0.1) is 0 Å². The van der Waals surface area contributed by atoms with Crippen LogP contribution in [0, 0.1) is 5.92 Å². The molecule has 2 amide bonds. The van der Waals surface area contributed by atoms with E-state index in [0.29, 0.717) is 13.1 Å². The zero-order valence-corrected chi connectivity index (χ0v) is 8.62. The van der Waals surface area contributed by atoms with Crippen LogP contribution in [0.5, 0.6) is 0 Å². The Morgan fingerprint density at radius 1 is 1.50 bits per heavy atom. The van der Waals surface area contributed by atoms with E-state index in [1.165, 1.54) is 0 Å². The maximum absolute atomic E-state index is 11.7. The van der Waals surface area contributed by atoms with E-state index < -0.39 is 11.9 Å². The molecule has 0 aromatic carbocycles. The Bertz CT molecular complexity index is 240. The van der Waals surface area contributed by atoms with Gasteiger partial charge < -0.3 is 16.0 Å². The molecular formula is C9H17N3O2. The number of amides is 2. The second-order valence-corrected chi connectivity index (χ2v) is 3.81. The molecule has 1 saturated heterocycles. The molecule has 1 atom stereocenters. The number of hydrogen-bond acceptors (Lipinski definition) is 3. The van der Waals surface area contributed by atoms with E-state index in [9.17, 15) is 9.59 Å². The number of hydrogen-bond donors (Lipinski definition) is 2. The average molecular weight is 199 g/mol. The molecule has 1 rings (SSSR count). The summed E-state index contributed by atoms with van der Waals surface area (Å²) in [7, 11) is 0. The maximum Gasteiger partial charge on any atom is 0.241 e. The Balaban J connectivity index is 2.72. The number of primary amides is 1. The standard InChI is InChI=1S/C9H17N3O2/c1-6(2)9(14)12-4-3-11-5-7(12)8(10)13/h6-7,11H,3-5H2,1-2H3,(H2,10,13). The van der Waals surface area contributed by atoms with Gasteiger partial charge in [0.1, 0.15) is 6.04 Å². The zero-order chi connectivity index (χ0) is 10.7. The predicted molar refractivity (Wildman–Crippen MR) is 52.4 cm³/mol. The molecular weight excluding hydrogens is 182 g/mol. The molecule has 0 aromatic rings. The summed E-state index contributed by atoms with van der Waals surface area (Å²) in [5.41, 5.74) is 5.22. The SMILES string of the molecule is CC(C)C(=O)N1CCNCC1C(N)=O. The summed E-state index contributed by atoms with van der Waals surface area (Å²) in [5.74, 6) is -0.531. The summed E-state index contributed by atoms with van der Waals surface area (Å²) < 4.78 is 0. The van der Waals surface area contributed by atoms with Gasteiger partial charge in [-0.3, -0.25) is 9.59 Å². The highest BCUT2D eigenvalue weighted by Gasteiger charge is 2.31. The van der Waals surface area contributed by atoms with Crippen molar-refractivity contribution in [1.29, 1.82) is 0 Å². The minimum Gasteiger partial charge on any atom is -0.368 e. The Morgan fingerprint density at radius 2 is 2.14 bits per heavy atom. The molecule has 0 aliphatic carbocycles. The summed E-state index contributed by atoms with van der Waals surface area (Å²) in [5, 5.41) is 3.05. The third kappa shape index (κ3) is 2.23. The van der Waals surface area contributed by atoms with Gasteiger partial charge >= 0.3 is 0 Å². The zero-order valence-electron chi connectivity index (χ0n) is 8.62. The normalized spacial score (nSPS) is 22.5. The largest absolute Gasteiger partial charge is 0.368 e. The Morgan fingerprint density at radius 3 is 2.64 bits per heavy atom. The fraction of sp³-hybridized carbons (Fsp3) is 0.778. The van der Waals surface area contributed by atoms with Gasteiger partial charge in [0.2, 0.25) is 11.8 Å². The van der Waals surface area contributed by atoms with Crippen molar-refractivity contribution < 1.29 is 9.59 Å². The van der Waals surface area contributed by atoms with Crippen LogP contribution in [0.2, 0.25) is 0 Å². The van der Waals surface area contributed by atoms with E-state index in [1.54, 1.807) is 4.90 Å². The summed E-state index contributed by atoms with van der Waals surface area (Å²) in [6.45, 7) is 5.39. The van der Waals surface area contributed by atoms with Crippen molar-refractivity contribution >= 4 is 11.8 Å². The minimum atomic E-state index is -0.487. The van der Waals surface area contributed by atoms with Gasteiger partial charge in [0.05, 0.1) is 0 Å². The molecule has 1 fully saturated rings. The lowest BCUT2D eigenvalue weighted by molar-refractivity contribution is -0.142. The Labute approximate surface area is 83.6 Å². The lowest BCUT2D eigenvalue weighted by atomic mass is 10.1. The molecule has 1 unspecified atom stereocenters. The van der Waals surface area contributed by atoms with E-state index in [0.717, 1.165) is 6.54 Å². The van der Waals surface area contributed by atoms with Crippen molar-refractivity contribution in [3.05, 3.63) is 0 Å². The molecule has 0 bridgehead atoms. The number of rotatable bonds is 2. The first-order chi connectivity index (χ1) is 6.54. The van der Waals surface area contributed by atoms with Crippen LogP contribution in [0.1, 0.15) is 13.8 Å². The van der Waals surface area contributed by atoms with Crippen molar-refractivity contribution in [3.8, 4) is 0 Å². The van der Waals surface area contributed by atoms with Crippen LogP contribution in [-0.4, -0.2) is 42.4 Å². The highest BCUT2D eigenvalue weighted by Crippen LogP contribution is 2.08. The van der Waals surface area contributed by atoms with Crippen molar-refractivity contribution in [2.75, 3.05) is 19.6 Å². The van der Waals surface area contributed by atoms with E-state index in [1.807, 2.05) is 13.8 Å². The van der Waals surface area contributed by atoms with E-state index in [2.05, 4.69) is 5.32 Å². The van der Waals surface area contributed by atoms with Crippen LogP contribution >= 0.6 is 0 Å². The van der Waals surface area contributed by atoms with E-state index >= 15 is 0 Å². The molecule has 5 nitrogen and oxygen atoms in total. The van der Waals surface area contributed by atoms with Gasteiger partial charge in [0.15, 0.2) is 0 Å². The van der Waals surface area contributed by atoms with Crippen LogP contribution in [-0.2, 0) is 9.59 Å². The van der Waals surface area contributed by atoms with Gasteiger partial charge in [-0.1, -0.05) is 13.8 Å². The van der Waals surface area contributed by atoms with Crippen LogP contribution in [0.3, 0.4) is 0 Å². The molecule has 5 heteroatoms. The van der Waals surface area contributed by atoms with Gasteiger partial charge in [0, 0.05) is 25.6 Å². The van der Waals surface area contributed by atoms with Crippen LogP contribution < -0.4 is 11.1 Å². The molecule has 14 heavy (non-hydrogen) atoms. The summed E-state index contributed by atoms with van der Waals surface area (Å²) in [6.07, 6.45) is 0. The molecule has 0 radical (unpaired) electrons. The fourth-order valence-electron chi connectivity index (χ4n) is 1.55. The first-order valence-corrected chi connectivity index (χ1v) is 4.84. The smallest absolute Gasteiger partial charge is 0.241 e. The molecule has 3 N–H and O–H groups in total. The van der Waals surface area contributed by atoms with Gasteiger partial charge in [-0.05, 0) is 0 Å². The van der Waals surface area contributed by atoms with Crippen LogP contribution in [0.15, 0.2) is 0 Å². The molecule has 0 saturated carbocycles. The third-order valence-electron chi connectivity index (χ3n) is 2.35. The molecule has 0 spiro atoms. The summed E-state index contributed by atoms with van der Waals surface area (Å²) >= 11 is 0. The molecule has 0 aromatic heterocycles. The van der Waals surface area contributed by atoms with E-state index in [-0.39, 0.29) is 11.8 Å². The number of nitrogens with one attached hydrogen (secondary N) is 1. The van der Waals surface area contributed by atoms with Crippen molar-refractivity contribution in [2.24, 2.45) is 11.7 Å². The Kier molecular flexibility index (Phi) is 3.46. The van der Waals surface area contributed by atoms with Gasteiger partial charge in [-0.25, -0.2) is 0 Å². The van der Waals surface area contributed by atoms with Crippen molar-refractivity contribution in [1.82, 2.24) is 10.2 Å². The van der Waals surface area contributed by atoms with Gasteiger partial charge in [0.25, 0.3) is 0 Å². The quantitative estimate of drug-likeness (QED) is 0.594. The number of carbonyl (C=O) groups is 2. The summed E-state index contributed by atoms with van der Waals surface area (Å²) in [6, 6.07) is -0.487. The maximum atomic E-state index is 11.7. The highest BCUT2D eigenvalue weighted by atomic mass is 16.2.